The number of carbonyl (C=O) groups excluding carboxylic acids is 1. The van der Waals surface area contributed by atoms with Crippen molar-refractivity contribution >= 4 is 70.6 Å². The smallest absolute Gasteiger partial charge is 1.00 e. The van der Waals surface area contributed by atoms with Gasteiger partial charge in [0.2, 0.25) is 0 Å². The van der Waals surface area contributed by atoms with E-state index in [0.717, 1.165) is 37.9 Å². The van der Waals surface area contributed by atoms with Crippen molar-refractivity contribution in [2.45, 2.75) is 92.8 Å². The average Bonchev–Trinajstić information content (AvgIpc) is 3.45. The van der Waals surface area contributed by atoms with Gasteiger partial charge in [0, 0.05) is 21.4 Å². The Morgan fingerprint density at radius 1 is 0.743 bits per heavy atom. The van der Waals surface area contributed by atoms with Crippen molar-refractivity contribution < 1.29 is 54.7 Å². The summed E-state index contributed by atoms with van der Waals surface area (Å²) in [5.74, 6) is 2.02. The van der Waals surface area contributed by atoms with Crippen LogP contribution in [0.15, 0.2) is 0 Å². The van der Waals surface area contributed by atoms with Gasteiger partial charge in [0.25, 0.3) is 0 Å². The number of thioether (sulfide) groups is 3. The van der Waals surface area contributed by atoms with Gasteiger partial charge < -0.3 is 21.5 Å². The molecule has 3 atom stereocenters. The van der Waals surface area contributed by atoms with Crippen LogP contribution in [0.5, 0.6) is 0 Å². The maximum absolute atomic E-state index is 10.9. The van der Waals surface area contributed by atoms with Gasteiger partial charge in [-0.2, -0.15) is 35.3 Å². The van der Waals surface area contributed by atoms with E-state index in [0.29, 0.717) is 19.3 Å². The molecule has 3 heterocycles. The first-order valence-electron chi connectivity index (χ1n) is 11.3. The summed E-state index contributed by atoms with van der Waals surface area (Å²) in [6.45, 7) is 6.22. The van der Waals surface area contributed by atoms with Gasteiger partial charge in [-0.05, 0) is 76.6 Å². The third-order valence-electron chi connectivity index (χ3n) is 5.70. The van der Waals surface area contributed by atoms with Crippen LogP contribution in [-0.2, 0) is 19.1 Å². The van der Waals surface area contributed by atoms with E-state index in [1.807, 2.05) is 25.6 Å². The van der Waals surface area contributed by atoms with Gasteiger partial charge in [-0.1, -0.05) is 0 Å². The molecule has 35 heavy (non-hydrogen) atoms. The standard InChI is InChI=1S/C8H14O2S.2C7H12O2S.CH4O.Al.Li.4H/c1-8(4-3-5-11-8)6-7(9)10-2;2*1-7(5-6(8)9)3-2-4-10-7;1-2;;;;;;/h3-6H2,1-2H3;2*2-5H2,1H3,(H,8,9);2H,1H3;;;;;;/q;;;;;+1;;;;-1. The molecule has 0 aliphatic carbocycles. The fourth-order valence-corrected chi connectivity index (χ4v) is 7.83. The van der Waals surface area contributed by atoms with E-state index in [-0.39, 0.29) is 57.9 Å². The van der Waals surface area contributed by atoms with Crippen LogP contribution in [0.1, 0.15) is 80.0 Å². The van der Waals surface area contributed by atoms with Crippen molar-refractivity contribution in [2.75, 3.05) is 31.5 Å². The predicted octanol–water partition coefficient (Wildman–Crippen LogP) is 0.870. The summed E-state index contributed by atoms with van der Waals surface area (Å²) in [5.41, 5.74) is 0. The summed E-state index contributed by atoms with van der Waals surface area (Å²) in [7, 11) is 2.45. The minimum Gasteiger partial charge on any atom is -1.00 e. The molecule has 3 unspecified atom stereocenters. The van der Waals surface area contributed by atoms with Crippen LogP contribution in [0.25, 0.3) is 0 Å². The van der Waals surface area contributed by atoms with E-state index in [4.69, 9.17) is 15.3 Å². The molecule has 3 saturated heterocycles. The Bertz CT molecular complexity index is 581. The molecule has 7 nitrogen and oxygen atoms in total. The molecule has 0 aromatic carbocycles. The number of aliphatic carboxylic acids is 2. The second kappa shape index (κ2) is 20.5. The van der Waals surface area contributed by atoms with Crippen LogP contribution in [0.2, 0.25) is 0 Å². The Balaban J connectivity index is -0.000000198. The number of carboxylic acids is 2. The zero-order chi connectivity index (χ0) is 25.5. The van der Waals surface area contributed by atoms with E-state index in [1.165, 1.54) is 32.1 Å². The molecule has 0 spiro atoms. The molecule has 3 aliphatic heterocycles. The van der Waals surface area contributed by atoms with E-state index in [1.54, 1.807) is 23.5 Å². The fourth-order valence-electron chi connectivity index (χ4n) is 3.95. The van der Waals surface area contributed by atoms with E-state index in [2.05, 4.69) is 11.7 Å². The average molecular weight is 565 g/mol. The number of aliphatic hydroxyl groups excluding tert-OH is 1. The van der Waals surface area contributed by atoms with Gasteiger partial charge in [-0.25, -0.2) is 0 Å². The van der Waals surface area contributed by atoms with Gasteiger partial charge in [0.1, 0.15) is 0 Å². The van der Waals surface area contributed by atoms with Gasteiger partial charge in [-0.15, -0.1) is 0 Å². The Labute approximate surface area is 248 Å². The molecule has 0 amide bonds. The normalized spacial score (nSPS) is 28.3. The molecule has 202 valence electrons. The number of carboxylic acid groups (broad SMARTS) is 2. The Morgan fingerprint density at radius 2 is 1.03 bits per heavy atom. The first-order chi connectivity index (χ1) is 15.4. The summed E-state index contributed by atoms with van der Waals surface area (Å²) in [4.78, 5) is 31.6. The number of aliphatic hydroxyl groups is 1. The summed E-state index contributed by atoms with van der Waals surface area (Å²) < 4.78 is 4.85. The number of methoxy groups -OCH3 is 1. The van der Waals surface area contributed by atoms with E-state index >= 15 is 0 Å². The molecule has 3 N–H and O–H groups in total. The van der Waals surface area contributed by atoms with Crippen LogP contribution in [0.4, 0.5) is 0 Å². The molecular formula is C23H46AlLiO7S3. The second-order valence-corrected chi connectivity index (χ2v) is 14.1. The largest absolute Gasteiger partial charge is 1.00 e. The van der Waals surface area contributed by atoms with Crippen LogP contribution < -0.4 is 18.9 Å². The van der Waals surface area contributed by atoms with Crippen LogP contribution >= 0.6 is 35.3 Å². The first-order valence-corrected chi connectivity index (χ1v) is 14.2. The molecule has 3 rings (SSSR count). The summed E-state index contributed by atoms with van der Waals surface area (Å²) >= 11 is 5.47. The molecule has 0 bridgehead atoms. The van der Waals surface area contributed by atoms with Crippen molar-refractivity contribution in [3.8, 4) is 0 Å². The second-order valence-electron chi connectivity index (χ2n) is 9.10. The minimum absolute atomic E-state index is 0. The third-order valence-corrected chi connectivity index (χ3v) is 10.3. The topological polar surface area (TPSA) is 121 Å². The van der Waals surface area contributed by atoms with Gasteiger partial charge in [0.05, 0.1) is 26.4 Å². The molecule has 0 saturated carbocycles. The molecule has 12 heteroatoms. The first kappa shape index (κ1) is 40.1. The summed E-state index contributed by atoms with van der Waals surface area (Å²) in [6.07, 6.45) is 8.05. The van der Waals surface area contributed by atoms with Crippen molar-refractivity contribution in [1.29, 1.82) is 0 Å². The third kappa shape index (κ3) is 18.4. The molecule has 3 fully saturated rings. The quantitative estimate of drug-likeness (QED) is 0.317. The molecular weight excluding hydrogens is 518 g/mol. The number of rotatable bonds is 6. The number of ether oxygens (including phenoxy) is 1. The zero-order valence-corrected chi connectivity index (χ0v) is 24.1. The van der Waals surface area contributed by atoms with Gasteiger partial charge in [-0.3, -0.25) is 14.4 Å². The Kier molecular flexibility index (Phi) is 23.5. The maximum atomic E-state index is 10.9. The molecule has 3 aliphatic rings. The minimum atomic E-state index is -0.670. The van der Waals surface area contributed by atoms with Crippen LogP contribution in [-0.4, -0.2) is 96.3 Å². The Hall–Kier alpha value is 0.550. The van der Waals surface area contributed by atoms with Crippen molar-refractivity contribution in [2.24, 2.45) is 0 Å². The van der Waals surface area contributed by atoms with E-state index < -0.39 is 11.9 Å². The number of hydrogen-bond donors (Lipinski definition) is 3. The Morgan fingerprint density at radius 3 is 1.23 bits per heavy atom. The van der Waals surface area contributed by atoms with Crippen molar-refractivity contribution in [3.05, 3.63) is 0 Å². The molecule has 0 aromatic rings. The molecule has 0 aromatic heterocycles. The van der Waals surface area contributed by atoms with Crippen LogP contribution in [0.3, 0.4) is 0 Å². The number of carbonyl (C=O) groups is 3. The maximum Gasteiger partial charge on any atom is 1.00 e. The van der Waals surface area contributed by atoms with Crippen molar-refractivity contribution in [3.63, 3.8) is 0 Å². The van der Waals surface area contributed by atoms with Crippen molar-refractivity contribution in [1.82, 2.24) is 0 Å². The van der Waals surface area contributed by atoms with Crippen LogP contribution in [0, 0.1) is 0 Å². The summed E-state index contributed by atoms with van der Waals surface area (Å²) in [5, 5.41) is 24.1. The number of hydrogen-bond acceptors (Lipinski definition) is 8. The van der Waals surface area contributed by atoms with Gasteiger partial charge >= 0.3 is 36.8 Å². The summed E-state index contributed by atoms with van der Waals surface area (Å²) in [6, 6.07) is 0. The van der Waals surface area contributed by atoms with Gasteiger partial charge in [0.15, 0.2) is 17.4 Å². The van der Waals surface area contributed by atoms with E-state index in [9.17, 15) is 14.4 Å². The fraction of sp³-hybridized carbons (Fsp3) is 0.870. The number of esters is 1. The molecule has 0 radical (unpaired) electrons. The SMILES string of the molecule is CC1(CC(=O)O)CCCS1.CC1(CC(=O)O)CCCS1.CO.COC(=O)CC1(C)CCCS1.[AlH3].[H-].[Li+]. The predicted molar refractivity (Wildman–Crippen MR) is 151 cm³/mol. The zero-order valence-electron chi connectivity index (χ0n) is 22.7. The monoisotopic (exact) mass is 564 g/mol.